The Morgan fingerprint density at radius 3 is 3.00 bits per heavy atom. The van der Waals surface area contributed by atoms with Gasteiger partial charge in [0, 0.05) is 24.3 Å². The van der Waals surface area contributed by atoms with E-state index in [0.29, 0.717) is 0 Å². The van der Waals surface area contributed by atoms with E-state index in [1.807, 2.05) is 18.2 Å². The second kappa shape index (κ2) is 7.32. The quantitative estimate of drug-likeness (QED) is 0.778. The first-order valence-corrected chi connectivity index (χ1v) is 7.82. The van der Waals surface area contributed by atoms with Crippen molar-refractivity contribution in [1.82, 2.24) is 5.32 Å². The van der Waals surface area contributed by atoms with Crippen LogP contribution in [0.4, 0.5) is 5.69 Å². The average Bonchev–Trinajstić information content (AvgIpc) is 2.46. The van der Waals surface area contributed by atoms with Crippen LogP contribution in [0.15, 0.2) is 18.2 Å². The van der Waals surface area contributed by atoms with E-state index in [4.69, 9.17) is 0 Å². The Morgan fingerprint density at radius 2 is 2.20 bits per heavy atom. The summed E-state index contributed by atoms with van der Waals surface area (Å²) in [4.78, 5) is 12.1. The van der Waals surface area contributed by atoms with Gasteiger partial charge in [-0.1, -0.05) is 26.7 Å². The molecule has 0 atom stereocenters. The fourth-order valence-electron chi connectivity index (χ4n) is 2.60. The van der Waals surface area contributed by atoms with E-state index in [1.165, 1.54) is 24.1 Å². The van der Waals surface area contributed by atoms with Crippen molar-refractivity contribution in [2.45, 2.75) is 46.0 Å². The van der Waals surface area contributed by atoms with Crippen molar-refractivity contribution in [3.8, 4) is 0 Å². The molecular formula is C17H26N2O. The highest BCUT2D eigenvalue weighted by Gasteiger charge is 2.12. The van der Waals surface area contributed by atoms with Crippen LogP contribution in [0.5, 0.6) is 0 Å². The van der Waals surface area contributed by atoms with E-state index in [-0.39, 0.29) is 5.91 Å². The molecule has 3 heteroatoms. The van der Waals surface area contributed by atoms with E-state index in [0.717, 1.165) is 43.8 Å². The molecule has 0 spiro atoms. The van der Waals surface area contributed by atoms with Crippen LogP contribution in [0.25, 0.3) is 0 Å². The molecule has 1 amide bonds. The lowest BCUT2D eigenvalue weighted by Crippen LogP contribution is -2.25. The van der Waals surface area contributed by atoms with Crippen LogP contribution in [0.1, 0.15) is 55.5 Å². The Balaban J connectivity index is 1.80. The number of hydrogen-bond donors (Lipinski definition) is 2. The van der Waals surface area contributed by atoms with Crippen LogP contribution in [-0.2, 0) is 6.42 Å². The molecule has 1 heterocycles. The van der Waals surface area contributed by atoms with Crippen LogP contribution in [0.3, 0.4) is 0 Å². The zero-order valence-electron chi connectivity index (χ0n) is 12.7. The molecule has 1 aromatic rings. The predicted molar refractivity (Wildman–Crippen MR) is 84.3 cm³/mol. The zero-order chi connectivity index (χ0) is 14.4. The van der Waals surface area contributed by atoms with Crippen molar-refractivity contribution in [3.05, 3.63) is 29.3 Å². The number of aryl methyl sites for hydroxylation is 1. The van der Waals surface area contributed by atoms with Crippen LogP contribution >= 0.6 is 0 Å². The minimum atomic E-state index is 0.0583. The number of fused-ring (bicyclic) bond motifs is 1. The second-order valence-corrected chi connectivity index (χ2v) is 6.05. The van der Waals surface area contributed by atoms with Crippen LogP contribution in [-0.4, -0.2) is 19.0 Å². The molecule has 0 saturated heterocycles. The molecule has 0 saturated carbocycles. The number of benzene rings is 1. The van der Waals surface area contributed by atoms with E-state index < -0.39 is 0 Å². The van der Waals surface area contributed by atoms with Gasteiger partial charge in [-0.15, -0.1) is 0 Å². The van der Waals surface area contributed by atoms with Crippen molar-refractivity contribution in [2.75, 3.05) is 18.4 Å². The summed E-state index contributed by atoms with van der Waals surface area (Å²) in [5.41, 5.74) is 3.24. The summed E-state index contributed by atoms with van der Waals surface area (Å²) in [6.07, 6.45) is 5.70. The molecular weight excluding hydrogens is 248 g/mol. The summed E-state index contributed by atoms with van der Waals surface area (Å²) in [7, 11) is 0. The van der Waals surface area contributed by atoms with E-state index in [1.54, 1.807) is 0 Å². The molecule has 2 rings (SSSR count). The third kappa shape index (κ3) is 4.26. The molecule has 1 aliphatic rings. The number of anilines is 1. The van der Waals surface area contributed by atoms with E-state index in [9.17, 15) is 4.79 Å². The van der Waals surface area contributed by atoms with Crippen LogP contribution in [0.2, 0.25) is 0 Å². The van der Waals surface area contributed by atoms with Gasteiger partial charge in [0.1, 0.15) is 0 Å². The monoisotopic (exact) mass is 274 g/mol. The van der Waals surface area contributed by atoms with Gasteiger partial charge in [-0.3, -0.25) is 4.79 Å². The van der Waals surface area contributed by atoms with Crippen LogP contribution in [0, 0.1) is 5.92 Å². The van der Waals surface area contributed by atoms with Gasteiger partial charge in [-0.25, -0.2) is 0 Å². The number of amides is 1. The van der Waals surface area contributed by atoms with Gasteiger partial charge in [-0.05, 0) is 48.9 Å². The Hall–Kier alpha value is -1.51. The highest BCUT2D eigenvalue weighted by atomic mass is 16.1. The number of carbonyl (C=O) groups excluding carboxylic acids is 1. The summed E-state index contributed by atoms with van der Waals surface area (Å²) in [6, 6.07) is 5.98. The molecule has 3 nitrogen and oxygen atoms in total. The lowest BCUT2D eigenvalue weighted by Gasteiger charge is -2.18. The lowest BCUT2D eigenvalue weighted by atomic mass is 10.0. The highest BCUT2D eigenvalue weighted by molar-refractivity contribution is 5.94. The number of carbonyl (C=O) groups is 1. The lowest BCUT2D eigenvalue weighted by molar-refractivity contribution is 0.0953. The van der Waals surface area contributed by atoms with Crippen molar-refractivity contribution in [3.63, 3.8) is 0 Å². The molecule has 0 fully saturated rings. The number of hydrogen-bond acceptors (Lipinski definition) is 2. The third-order valence-corrected chi connectivity index (χ3v) is 3.80. The maximum Gasteiger partial charge on any atom is 0.251 e. The minimum absolute atomic E-state index is 0.0583. The Labute approximate surface area is 122 Å². The maximum atomic E-state index is 12.1. The van der Waals surface area contributed by atoms with Crippen molar-refractivity contribution in [1.29, 1.82) is 0 Å². The summed E-state index contributed by atoms with van der Waals surface area (Å²) < 4.78 is 0. The molecule has 110 valence electrons. The van der Waals surface area contributed by atoms with Gasteiger partial charge in [-0.2, -0.15) is 0 Å². The molecule has 0 aromatic heterocycles. The summed E-state index contributed by atoms with van der Waals surface area (Å²) in [5, 5.41) is 6.39. The summed E-state index contributed by atoms with van der Waals surface area (Å²) >= 11 is 0. The fourth-order valence-corrected chi connectivity index (χ4v) is 2.60. The van der Waals surface area contributed by atoms with Gasteiger partial charge in [0.25, 0.3) is 5.91 Å². The first-order valence-electron chi connectivity index (χ1n) is 7.82. The SMILES string of the molecule is CC(C)CCCCNC(=O)c1ccc2c(c1)CCCN2. The van der Waals surface area contributed by atoms with Crippen LogP contribution < -0.4 is 10.6 Å². The highest BCUT2D eigenvalue weighted by Crippen LogP contribution is 2.22. The molecule has 0 radical (unpaired) electrons. The van der Waals surface area contributed by atoms with Gasteiger partial charge in [0.05, 0.1) is 0 Å². The maximum absolute atomic E-state index is 12.1. The average molecular weight is 274 g/mol. The Morgan fingerprint density at radius 1 is 1.35 bits per heavy atom. The first-order chi connectivity index (χ1) is 9.66. The van der Waals surface area contributed by atoms with Gasteiger partial charge < -0.3 is 10.6 Å². The van der Waals surface area contributed by atoms with Crippen molar-refractivity contribution >= 4 is 11.6 Å². The number of rotatable bonds is 6. The first kappa shape index (κ1) is 14.9. The zero-order valence-corrected chi connectivity index (χ0v) is 12.7. The molecule has 20 heavy (non-hydrogen) atoms. The van der Waals surface area contributed by atoms with Gasteiger partial charge in [0.2, 0.25) is 0 Å². The Bertz CT molecular complexity index is 454. The normalized spacial score (nSPS) is 13.8. The fraction of sp³-hybridized carbons (Fsp3) is 0.588. The molecule has 0 unspecified atom stereocenters. The second-order valence-electron chi connectivity index (χ2n) is 6.05. The molecule has 2 N–H and O–H groups in total. The predicted octanol–water partition coefficient (Wildman–Crippen LogP) is 3.60. The van der Waals surface area contributed by atoms with Crippen molar-refractivity contribution in [2.24, 2.45) is 5.92 Å². The minimum Gasteiger partial charge on any atom is -0.385 e. The van der Waals surface area contributed by atoms with Gasteiger partial charge >= 0.3 is 0 Å². The summed E-state index contributed by atoms with van der Waals surface area (Å²) in [5.74, 6) is 0.807. The molecule has 1 aliphatic heterocycles. The van der Waals surface area contributed by atoms with E-state index in [2.05, 4.69) is 24.5 Å². The topological polar surface area (TPSA) is 41.1 Å². The Kier molecular flexibility index (Phi) is 5.45. The number of nitrogens with one attached hydrogen (secondary N) is 2. The summed E-state index contributed by atoms with van der Waals surface area (Å²) in [6.45, 7) is 6.29. The van der Waals surface area contributed by atoms with Crippen molar-refractivity contribution < 1.29 is 4.79 Å². The standard InChI is InChI=1S/C17H26N2O/c1-13(2)6-3-4-10-19-17(20)15-8-9-16-14(12-15)7-5-11-18-16/h8-9,12-13,18H,3-7,10-11H2,1-2H3,(H,19,20). The molecule has 0 bridgehead atoms. The third-order valence-electron chi connectivity index (χ3n) is 3.80. The molecule has 1 aromatic carbocycles. The smallest absolute Gasteiger partial charge is 0.251 e. The van der Waals surface area contributed by atoms with E-state index >= 15 is 0 Å². The largest absolute Gasteiger partial charge is 0.385 e. The molecule has 0 aliphatic carbocycles. The van der Waals surface area contributed by atoms with Gasteiger partial charge in [0.15, 0.2) is 0 Å². The number of unbranched alkanes of at least 4 members (excludes halogenated alkanes) is 1.